The van der Waals surface area contributed by atoms with E-state index in [1.807, 2.05) is 42.5 Å². The second-order valence-corrected chi connectivity index (χ2v) is 8.94. The zero-order valence-corrected chi connectivity index (χ0v) is 18.6. The van der Waals surface area contributed by atoms with Gasteiger partial charge in [0.25, 0.3) is 0 Å². The lowest BCUT2D eigenvalue weighted by atomic mass is 10.1. The minimum absolute atomic E-state index is 0.246. The van der Waals surface area contributed by atoms with Crippen LogP contribution in [0.25, 0.3) is 10.8 Å². The molecule has 3 rings (SSSR count). The molecule has 0 fully saturated rings. The van der Waals surface area contributed by atoms with E-state index >= 15 is 0 Å². The quantitative estimate of drug-likeness (QED) is 0.515. The molecule has 164 valence electrons. The van der Waals surface area contributed by atoms with E-state index in [-0.39, 0.29) is 13.2 Å². The van der Waals surface area contributed by atoms with Gasteiger partial charge >= 0.3 is 0 Å². The Kier molecular flexibility index (Phi) is 7.02. The third-order valence-electron chi connectivity index (χ3n) is 4.81. The number of benzene rings is 3. The SMILES string of the molecule is COc1ccc(N([C@@H](C)C(=O)NCCOc2ccc3ccccc3c2)S(C)(=O)=O)cc1. The van der Waals surface area contributed by atoms with Crippen LogP contribution in [0.4, 0.5) is 5.69 Å². The highest BCUT2D eigenvalue weighted by Crippen LogP contribution is 2.24. The molecule has 0 aromatic heterocycles. The van der Waals surface area contributed by atoms with Crippen molar-refractivity contribution in [2.24, 2.45) is 0 Å². The molecule has 1 amide bonds. The van der Waals surface area contributed by atoms with Crippen molar-refractivity contribution >= 4 is 32.4 Å². The minimum Gasteiger partial charge on any atom is -0.497 e. The van der Waals surface area contributed by atoms with Gasteiger partial charge in [-0.1, -0.05) is 30.3 Å². The highest BCUT2D eigenvalue weighted by atomic mass is 32.2. The van der Waals surface area contributed by atoms with Crippen LogP contribution in [0, 0.1) is 0 Å². The van der Waals surface area contributed by atoms with Crippen LogP contribution in [0.3, 0.4) is 0 Å². The van der Waals surface area contributed by atoms with E-state index in [0.717, 1.165) is 21.3 Å². The Morgan fingerprint density at radius 3 is 2.29 bits per heavy atom. The maximum Gasteiger partial charge on any atom is 0.243 e. The monoisotopic (exact) mass is 442 g/mol. The van der Waals surface area contributed by atoms with Gasteiger partial charge < -0.3 is 14.8 Å². The van der Waals surface area contributed by atoms with Crippen molar-refractivity contribution in [3.63, 3.8) is 0 Å². The predicted molar refractivity (Wildman–Crippen MR) is 122 cm³/mol. The van der Waals surface area contributed by atoms with E-state index in [1.54, 1.807) is 31.2 Å². The molecule has 0 aliphatic heterocycles. The van der Waals surface area contributed by atoms with E-state index < -0.39 is 22.0 Å². The highest BCUT2D eigenvalue weighted by Gasteiger charge is 2.28. The number of nitrogens with zero attached hydrogens (tertiary/aromatic N) is 1. The van der Waals surface area contributed by atoms with Gasteiger partial charge in [0.1, 0.15) is 24.1 Å². The van der Waals surface area contributed by atoms with E-state index in [0.29, 0.717) is 17.2 Å². The first-order valence-electron chi connectivity index (χ1n) is 9.82. The van der Waals surface area contributed by atoms with Crippen LogP contribution in [0.15, 0.2) is 66.7 Å². The van der Waals surface area contributed by atoms with Crippen molar-refractivity contribution in [1.29, 1.82) is 0 Å². The number of fused-ring (bicyclic) bond motifs is 1. The third kappa shape index (κ3) is 5.67. The number of hydrogen-bond acceptors (Lipinski definition) is 5. The molecule has 0 saturated carbocycles. The predicted octanol–water partition coefficient (Wildman–Crippen LogP) is 3.20. The molecule has 1 N–H and O–H groups in total. The lowest BCUT2D eigenvalue weighted by Crippen LogP contribution is -2.48. The summed E-state index contributed by atoms with van der Waals surface area (Å²) in [6, 6.07) is 19.3. The van der Waals surface area contributed by atoms with Gasteiger partial charge in [-0.05, 0) is 54.1 Å². The van der Waals surface area contributed by atoms with Crippen molar-refractivity contribution in [3.8, 4) is 11.5 Å². The first-order chi connectivity index (χ1) is 14.8. The number of ether oxygens (including phenoxy) is 2. The summed E-state index contributed by atoms with van der Waals surface area (Å²) >= 11 is 0. The van der Waals surface area contributed by atoms with Crippen LogP contribution in [0.5, 0.6) is 11.5 Å². The summed E-state index contributed by atoms with van der Waals surface area (Å²) < 4.78 is 36.6. The molecule has 0 saturated heterocycles. The van der Waals surface area contributed by atoms with E-state index in [4.69, 9.17) is 9.47 Å². The van der Waals surface area contributed by atoms with Crippen LogP contribution in [-0.4, -0.2) is 46.9 Å². The van der Waals surface area contributed by atoms with Crippen molar-refractivity contribution < 1.29 is 22.7 Å². The minimum atomic E-state index is -3.68. The standard InChI is InChI=1S/C23H26N2O5S/c1-17(25(31(3,27)28)20-9-12-21(29-2)13-10-20)23(26)24-14-15-30-22-11-8-18-6-4-5-7-19(18)16-22/h4-13,16-17H,14-15H2,1-3H3,(H,24,26)/t17-/m0/s1. The van der Waals surface area contributed by atoms with Crippen molar-refractivity contribution in [1.82, 2.24) is 5.32 Å². The Morgan fingerprint density at radius 1 is 1.00 bits per heavy atom. The van der Waals surface area contributed by atoms with Gasteiger partial charge in [0.15, 0.2) is 0 Å². The number of carbonyl (C=O) groups excluding carboxylic acids is 1. The number of rotatable bonds is 9. The lowest BCUT2D eigenvalue weighted by molar-refractivity contribution is -0.121. The normalized spacial score (nSPS) is 12.2. The van der Waals surface area contributed by atoms with Crippen molar-refractivity contribution in [2.45, 2.75) is 13.0 Å². The number of methoxy groups -OCH3 is 1. The molecule has 31 heavy (non-hydrogen) atoms. The molecule has 3 aromatic rings. The van der Waals surface area contributed by atoms with Crippen LogP contribution < -0.4 is 19.1 Å². The summed E-state index contributed by atoms with van der Waals surface area (Å²) in [6.45, 7) is 2.05. The maximum atomic E-state index is 12.6. The zero-order chi connectivity index (χ0) is 22.4. The molecule has 0 radical (unpaired) electrons. The Morgan fingerprint density at radius 2 is 1.65 bits per heavy atom. The maximum absolute atomic E-state index is 12.6. The Labute approximate surface area is 182 Å². The van der Waals surface area contributed by atoms with E-state index in [9.17, 15) is 13.2 Å². The summed E-state index contributed by atoms with van der Waals surface area (Å²) in [5, 5.41) is 4.93. The lowest BCUT2D eigenvalue weighted by Gasteiger charge is -2.28. The molecule has 0 aliphatic carbocycles. The second-order valence-electron chi connectivity index (χ2n) is 7.08. The number of hydrogen-bond donors (Lipinski definition) is 1. The fourth-order valence-corrected chi connectivity index (χ4v) is 4.46. The fraction of sp³-hybridized carbons (Fsp3) is 0.261. The second kappa shape index (κ2) is 9.70. The van der Waals surface area contributed by atoms with Crippen LogP contribution >= 0.6 is 0 Å². The first kappa shape index (κ1) is 22.4. The molecule has 0 heterocycles. The number of carbonyl (C=O) groups is 1. The van der Waals surface area contributed by atoms with E-state index in [2.05, 4.69) is 5.32 Å². The highest BCUT2D eigenvalue weighted by molar-refractivity contribution is 7.92. The largest absolute Gasteiger partial charge is 0.497 e. The molecule has 1 atom stereocenters. The molecule has 8 heteroatoms. The topological polar surface area (TPSA) is 84.9 Å². The number of anilines is 1. The molecule has 7 nitrogen and oxygen atoms in total. The van der Waals surface area contributed by atoms with Gasteiger partial charge in [0, 0.05) is 0 Å². The fourth-order valence-electron chi connectivity index (χ4n) is 3.29. The van der Waals surface area contributed by atoms with Gasteiger partial charge in [0.2, 0.25) is 15.9 Å². The number of nitrogens with one attached hydrogen (secondary N) is 1. The van der Waals surface area contributed by atoms with Crippen molar-refractivity contribution in [2.75, 3.05) is 30.8 Å². The molecule has 0 bridgehead atoms. The van der Waals surface area contributed by atoms with Gasteiger partial charge in [-0.25, -0.2) is 8.42 Å². The Hall–Kier alpha value is -3.26. The smallest absolute Gasteiger partial charge is 0.243 e. The average molecular weight is 443 g/mol. The molecular weight excluding hydrogens is 416 g/mol. The Balaban J connectivity index is 1.59. The molecular formula is C23H26N2O5S. The molecule has 0 aliphatic rings. The summed E-state index contributed by atoms with van der Waals surface area (Å²) in [5.74, 6) is 0.889. The van der Waals surface area contributed by atoms with Gasteiger partial charge in [-0.15, -0.1) is 0 Å². The van der Waals surface area contributed by atoms with Gasteiger partial charge in [-0.2, -0.15) is 0 Å². The summed E-state index contributed by atoms with van der Waals surface area (Å²) in [7, 11) is -2.15. The number of sulfonamides is 1. The third-order valence-corrected chi connectivity index (χ3v) is 6.05. The average Bonchev–Trinajstić information content (AvgIpc) is 2.76. The molecule has 3 aromatic carbocycles. The summed E-state index contributed by atoms with van der Waals surface area (Å²) in [6.07, 6.45) is 1.07. The van der Waals surface area contributed by atoms with Crippen molar-refractivity contribution in [3.05, 3.63) is 66.7 Å². The van der Waals surface area contributed by atoms with Crippen LogP contribution in [-0.2, 0) is 14.8 Å². The van der Waals surface area contributed by atoms with Crippen LogP contribution in [0.2, 0.25) is 0 Å². The van der Waals surface area contributed by atoms with E-state index in [1.165, 1.54) is 7.11 Å². The number of amides is 1. The summed E-state index contributed by atoms with van der Waals surface area (Å²) in [5.41, 5.74) is 0.387. The molecule has 0 spiro atoms. The zero-order valence-electron chi connectivity index (χ0n) is 17.7. The summed E-state index contributed by atoms with van der Waals surface area (Å²) in [4.78, 5) is 12.6. The Bertz CT molecular complexity index is 1150. The molecule has 0 unspecified atom stereocenters. The first-order valence-corrected chi connectivity index (χ1v) is 11.7. The van der Waals surface area contributed by atoms with Gasteiger partial charge in [-0.3, -0.25) is 9.10 Å². The van der Waals surface area contributed by atoms with Gasteiger partial charge in [0.05, 0.1) is 25.6 Å². The van der Waals surface area contributed by atoms with Crippen LogP contribution in [0.1, 0.15) is 6.92 Å².